The number of benzene rings is 3. The Morgan fingerprint density at radius 1 is 1.07 bits per heavy atom. The molecule has 5 nitrogen and oxygen atoms in total. The molecule has 0 heterocycles. The summed E-state index contributed by atoms with van der Waals surface area (Å²) in [6.45, 7) is 3.97. The fourth-order valence-corrected chi connectivity index (χ4v) is 3.30. The minimum atomic E-state index is -1.02. The van der Waals surface area contributed by atoms with Gasteiger partial charge in [0.2, 0.25) is 0 Å². The topological polar surface area (TPSA) is 67.8 Å². The summed E-state index contributed by atoms with van der Waals surface area (Å²) < 4.78 is 24.5. The predicted molar refractivity (Wildman–Crippen MR) is 115 cm³/mol. The zero-order valence-electron chi connectivity index (χ0n) is 17.2. The van der Waals surface area contributed by atoms with E-state index in [-0.39, 0.29) is 5.82 Å². The van der Waals surface area contributed by atoms with Crippen LogP contribution in [0.5, 0.6) is 11.5 Å². The van der Waals surface area contributed by atoms with Crippen molar-refractivity contribution < 1.29 is 23.8 Å². The lowest BCUT2D eigenvalue weighted by molar-refractivity contribution is -0.139. The highest BCUT2D eigenvalue weighted by Crippen LogP contribution is 2.31. The molecule has 0 aliphatic heterocycles. The van der Waals surface area contributed by atoms with Gasteiger partial charge in [-0.05, 0) is 72.5 Å². The van der Waals surface area contributed by atoms with E-state index in [0.717, 1.165) is 33.5 Å². The van der Waals surface area contributed by atoms with E-state index >= 15 is 0 Å². The predicted octanol–water partition coefficient (Wildman–Crippen LogP) is 5.19. The van der Waals surface area contributed by atoms with Crippen LogP contribution in [0.3, 0.4) is 0 Å². The van der Waals surface area contributed by atoms with Gasteiger partial charge in [0.25, 0.3) is 0 Å². The van der Waals surface area contributed by atoms with E-state index in [1.54, 1.807) is 19.2 Å². The van der Waals surface area contributed by atoms with Gasteiger partial charge < -0.3 is 19.9 Å². The van der Waals surface area contributed by atoms with E-state index in [4.69, 9.17) is 14.6 Å². The fraction of sp³-hybridized carbons (Fsp3) is 0.208. The van der Waals surface area contributed by atoms with Crippen LogP contribution in [0.1, 0.15) is 16.7 Å². The van der Waals surface area contributed by atoms with Crippen molar-refractivity contribution in [3.05, 3.63) is 77.1 Å². The second kappa shape index (κ2) is 9.31. The number of aryl methyl sites for hydroxylation is 1. The van der Waals surface area contributed by atoms with E-state index < -0.39 is 12.6 Å². The summed E-state index contributed by atoms with van der Waals surface area (Å²) in [5.74, 6) is -0.109. The Kier molecular flexibility index (Phi) is 6.57. The summed E-state index contributed by atoms with van der Waals surface area (Å²) in [5, 5.41) is 12.3. The van der Waals surface area contributed by atoms with Gasteiger partial charge in [0, 0.05) is 17.8 Å². The maximum Gasteiger partial charge on any atom is 0.341 e. The molecular weight excluding hydrogens is 385 g/mol. The molecule has 0 atom stereocenters. The molecule has 0 unspecified atom stereocenters. The van der Waals surface area contributed by atoms with Gasteiger partial charge in [0.1, 0.15) is 17.3 Å². The molecule has 3 aromatic carbocycles. The van der Waals surface area contributed by atoms with Crippen molar-refractivity contribution in [3.63, 3.8) is 0 Å². The van der Waals surface area contributed by atoms with Gasteiger partial charge in [-0.15, -0.1) is 0 Å². The van der Waals surface area contributed by atoms with Crippen molar-refractivity contribution in [1.82, 2.24) is 0 Å². The van der Waals surface area contributed by atoms with Crippen molar-refractivity contribution in [2.45, 2.75) is 20.4 Å². The third-order valence-electron chi connectivity index (χ3n) is 4.80. The summed E-state index contributed by atoms with van der Waals surface area (Å²) in [6, 6.07) is 15.9. The van der Waals surface area contributed by atoms with Crippen LogP contribution in [-0.4, -0.2) is 24.8 Å². The molecule has 0 aliphatic rings. The van der Waals surface area contributed by atoms with Crippen molar-refractivity contribution in [1.29, 1.82) is 0 Å². The molecule has 6 heteroatoms. The first kappa shape index (κ1) is 21.2. The first-order valence-electron chi connectivity index (χ1n) is 9.50. The lowest BCUT2D eigenvalue weighted by atomic mass is 10.0. The maximum absolute atomic E-state index is 13.7. The largest absolute Gasteiger partial charge is 0.497 e. The average Bonchev–Trinajstić information content (AvgIpc) is 2.72. The first-order chi connectivity index (χ1) is 14.4. The number of aliphatic carboxylic acids is 1. The molecule has 0 amide bonds. The molecule has 0 fully saturated rings. The highest BCUT2D eigenvalue weighted by atomic mass is 19.1. The monoisotopic (exact) mass is 409 g/mol. The number of ether oxygens (including phenoxy) is 2. The molecule has 0 bridgehead atoms. The highest BCUT2D eigenvalue weighted by molar-refractivity contribution is 5.69. The third kappa shape index (κ3) is 5.08. The Bertz CT molecular complexity index is 1070. The number of anilines is 1. The first-order valence-corrected chi connectivity index (χ1v) is 9.50. The summed E-state index contributed by atoms with van der Waals surface area (Å²) >= 11 is 0. The van der Waals surface area contributed by atoms with E-state index in [0.29, 0.717) is 18.0 Å². The van der Waals surface area contributed by atoms with Crippen molar-refractivity contribution in [2.24, 2.45) is 0 Å². The van der Waals surface area contributed by atoms with Gasteiger partial charge in [-0.3, -0.25) is 0 Å². The number of methoxy groups -OCH3 is 1. The molecule has 2 N–H and O–H groups in total. The third-order valence-corrected chi connectivity index (χ3v) is 4.80. The van der Waals surface area contributed by atoms with Gasteiger partial charge in [-0.25, -0.2) is 9.18 Å². The molecule has 0 spiro atoms. The van der Waals surface area contributed by atoms with Crippen LogP contribution in [0.15, 0.2) is 54.6 Å². The van der Waals surface area contributed by atoms with Crippen LogP contribution in [-0.2, 0) is 11.3 Å². The Morgan fingerprint density at radius 2 is 1.87 bits per heavy atom. The standard InChI is InChI=1S/C24H24FNO4/c1-15-7-8-22(30-14-23(27)28)16(2)24(15)26-13-17-9-19(12-21(10-17)29-3)18-5-4-6-20(25)11-18/h4-12,26H,13-14H2,1-3H3,(H,27,28). The number of carboxylic acids is 1. The molecule has 0 saturated heterocycles. The van der Waals surface area contributed by atoms with Crippen LogP contribution in [0, 0.1) is 19.7 Å². The van der Waals surface area contributed by atoms with Crippen LogP contribution < -0.4 is 14.8 Å². The number of nitrogens with one attached hydrogen (secondary N) is 1. The second-order valence-electron chi connectivity index (χ2n) is 7.00. The number of rotatable bonds is 8. The summed E-state index contributed by atoms with van der Waals surface area (Å²) in [5.41, 5.74) is 5.33. The summed E-state index contributed by atoms with van der Waals surface area (Å²) in [4.78, 5) is 10.8. The van der Waals surface area contributed by atoms with Crippen molar-refractivity contribution in [2.75, 3.05) is 19.0 Å². The average molecular weight is 409 g/mol. The Labute approximate surface area is 175 Å². The number of hydrogen-bond acceptors (Lipinski definition) is 4. The lowest BCUT2D eigenvalue weighted by Crippen LogP contribution is -2.11. The minimum Gasteiger partial charge on any atom is -0.497 e. The Morgan fingerprint density at radius 3 is 2.57 bits per heavy atom. The van der Waals surface area contributed by atoms with Gasteiger partial charge in [-0.1, -0.05) is 18.2 Å². The van der Waals surface area contributed by atoms with Crippen molar-refractivity contribution >= 4 is 11.7 Å². The Balaban J connectivity index is 1.86. The number of carboxylic acid groups (broad SMARTS) is 1. The van der Waals surface area contributed by atoms with Crippen molar-refractivity contribution in [3.8, 4) is 22.6 Å². The van der Waals surface area contributed by atoms with E-state index in [9.17, 15) is 9.18 Å². The van der Waals surface area contributed by atoms with Crippen LogP contribution in [0.25, 0.3) is 11.1 Å². The quantitative estimate of drug-likeness (QED) is 0.536. The molecule has 156 valence electrons. The summed E-state index contributed by atoms with van der Waals surface area (Å²) in [7, 11) is 1.60. The van der Waals surface area contributed by atoms with E-state index in [1.807, 2.05) is 44.2 Å². The highest BCUT2D eigenvalue weighted by Gasteiger charge is 2.11. The molecule has 0 aromatic heterocycles. The van der Waals surface area contributed by atoms with Crippen LogP contribution >= 0.6 is 0 Å². The van der Waals surface area contributed by atoms with E-state index in [2.05, 4.69) is 5.32 Å². The number of carbonyl (C=O) groups is 1. The molecule has 0 aliphatic carbocycles. The molecular formula is C24H24FNO4. The molecule has 0 saturated carbocycles. The Hall–Kier alpha value is -3.54. The van der Waals surface area contributed by atoms with Gasteiger partial charge in [0.05, 0.1) is 7.11 Å². The maximum atomic E-state index is 13.7. The molecule has 3 rings (SSSR count). The minimum absolute atomic E-state index is 0.292. The fourth-order valence-electron chi connectivity index (χ4n) is 3.30. The van der Waals surface area contributed by atoms with Crippen LogP contribution in [0.2, 0.25) is 0 Å². The van der Waals surface area contributed by atoms with Gasteiger partial charge in [-0.2, -0.15) is 0 Å². The molecule has 3 aromatic rings. The number of halogens is 1. The zero-order chi connectivity index (χ0) is 21.7. The van der Waals surface area contributed by atoms with Crippen LogP contribution in [0.4, 0.5) is 10.1 Å². The SMILES string of the molecule is COc1cc(CNc2c(C)ccc(OCC(=O)O)c2C)cc(-c2cccc(F)c2)c1. The zero-order valence-corrected chi connectivity index (χ0v) is 17.2. The smallest absolute Gasteiger partial charge is 0.341 e. The van der Waals surface area contributed by atoms with Gasteiger partial charge >= 0.3 is 5.97 Å². The second-order valence-corrected chi connectivity index (χ2v) is 7.00. The lowest BCUT2D eigenvalue weighted by Gasteiger charge is -2.17. The molecule has 30 heavy (non-hydrogen) atoms. The summed E-state index contributed by atoms with van der Waals surface area (Å²) in [6.07, 6.45) is 0. The van der Waals surface area contributed by atoms with E-state index in [1.165, 1.54) is 12.1 Å². The normalized spacial score (nSPS) is 10.5. The molecule has 0 radical (unpaired) electrons. The van der Waals surface area contributed by atoms with Gasteiger partial charge in [0.15, 0.2) is 6.61 Å². The number of hydrogen-bond donors (Lipinski definition) is 2.